The van der Waals surface area contributed by atoms with Gasteiger partial charge >= 0.3 is 0 Å². The largest absolute Gasteiger partial charge is 0.481 e. The van der Waals surface area contributed by atoms with E-state index < -0.39 is 0 Å². The fourth-order valence-electron chi connectivity index (χ4n) is 3.94. The number of ether oxygens (including phenoxy) is 1. The molecule has 2 saturated heterocycles. The predicted molar refractivity (Wildman–Crippen MR) is 91.2 cm³/mol. The van der Waals surface area contributed by atoms with Crippen LogP contribution in [0.3, 0.4) is 0 Å². The standard InChI is InChI=1S/C17H20N4O2S/c1-23-16-12(3-2-6-18-16)9-20-7-4-15-14(20)5-8-21(15)17(22)13-10-24-11-19-13/h2-3,6,10-11,14-15H,4-5,7-9H2,1H3/t14-,15+/m0/s1. The highest BCUT2D eigenvalue weighted by molar-refractivity contribution is 7.07. The van der Waals surface area contributed by atoms with Crippen LogP contribution in [0.15, 0.2) is 29.2 Å². The summed E-state index contributed by atoms with van der Waals surface area (Å²) in [5.74, 6) is 0.763. The number of likely N-dealkylation sites (tertiary alicyclic amines) is 2. The predicted octanol–water partition coefficient (Wildman–Crippen LogP) is 2.04. The maximum Gasteiger partial charge on any atom is 0.273 e. The van der Waals surface area contributed by atoms with Crippen LogP contribution >= 0.6 is 11.3 Å². The molecule has 2 aliphatic rings. The van der Waals surface area contributed by atoms with Crippen LogP contribution < -0.4 is 4.74 Å². The summed E-state index contributed by atoms with van der Waals surface area (Å²) in [6.45, 7) is 2.62. The van der Waals surface area contributed by atoms with E-state index in [0.717, 1.165) is 38.0 Å². The normalized spacial score (nSPS) is 23.5. The highest BCUT2D eigenvalue weighted by Gasteiger charge is 2.44. The van der Waals surface area contributed by atoms with Crippen molar-refractivity contribution in [2.45, 2.75) is 31.5 Å². The Bertz CT molecular complexity index is 721. The summed E-state index contributed by atoms with van der Waals surface area (Å²) in [7, 11) is 1.66. The molecule has 0 bridgehead atoms. The summed E-state index contributed by atoms with van der Waals surface area (Å²) in [5.41, 5.74) is 3.40. The molecule has 2 atom stereocenters. The lowest BCUT2D eigenvalue weighted by Crippen LogP contribution is -2.39. The summed E-state index contributed by atoms with van der Waals surface area (Å²) in [5, 5.41) is 1.84. The van der Waals surface area contributed by atoms with Crippen LogP contribution in [0.1, 0.15) is 28.9 Å². The molecule has 2 aromatic rings. The first-order valence-corrected chi connectivity index (χ1v) is 9.13. The van der Waals surface area contributed by atoms with Gasteiger partial charge in [-0.2, -0.15) is 0 Å². The Morgan fingerprint density at radius 3 is 3.00 bits per heavy atom. The lowest BCUT2D eigenvalue weighted by molar-refractivity contribution is 0.0726. The van der Waals surface area contributed by atoms with Gasteiger partial charge in [-0.3, -0.25) is 9.69 Å². The second-order valence-corrected chi connectivity index (χ2v) is 6.95. The second-order valence-electron chi connectivity index (χ2n) is 6.23. The molecule has 0 saturated carbocycles. The Labute approximate surface area is 145 Å². The van der Waals surface area contributed by atoms with Gasteiger partial charge in [0.1, 0.15) is 5.69 Å². The molecule has 1 amide bonds. The number of nitrogens with zero attached hydrogens (tertiary/aromatic N) is 4. The molecule has 126 valence electrons. The molecule has 0 unspecified atom stereocenters. The van der Waals surface area contributed by atoms with Gasteiger partial charge in [-0.15, -0.1) is 11.3 Å². The SMILES string of the molecule is COc1ncccc1CN1CC[C@@H]2[C@@H]1CCN2C(=O)c1cscn1. The minimum Gasteiger partial charge on any atom is -0.481 e. The molecule has 0 N–H and O–H groups in total. The first-order chi connectivity index (χ1) is 11.8. The Balaban J connectivity index is 1.48. The molecular weight excluding hydrogens is 324 g/mol. The van der Waals surface area contributed by atoms with E-state index in [4.69, 9.17) is 4.74 Å². The number of fused-ring (bicyclic) bond motifs is 1. The van der Waals surface area contributed by atoms with Gasteiger partial charge in [0.15, 0.2) is 0 Å². The number of carbonyl (C=O) groups is 1. The van der Waals surface area contributed by atoms with Gasteiger partial charge in [0.05, 0.1) is 12.6 Å². The summed E-state index contributed by atoms with van der Waals surface area (Å²) < 4.78 is 5.37. The van der Waals surface area contributed by atoms with Crippen LogP contribution in [0, 0.1) is 0 Å². The number of rotatable bonds is 4. The van der Waals surface area contributed by atoms with E-state index in [1.54, 1.807) is 18.8 Å². The van der Waals surface area contributed by atoms with Crippen molar-refractivity contribution in [3.8, 4) is 5.88 Å². The molecule has 4 heterocycles. The van der Waals surface area contributed by atoms with E-state index in [1.165, 1.54) is 11.3 Å². The molecule has 0 aliphatic carbocycles. The van der Waals surface area contributed by atoms with Crippen molar-refractivity contribution in [3.63, 3.8) is 0 Å². The number of hydrogen-bond acceptors (Lipinski definition) is 6. The molecule has 0 radical (unpaired) electrons. The van der Waals surface area contributed by atoms with Gasteiger partial charge in [-0.1, -0.05) is 6.07 Å². The van der Waals surface area contributed by atoms with Gasteiger partial charge in [0.2, 0.25) is 5.88 Å². The first kappa shape index (κ1) is 15.5. The van der Waals surface area contributed by atoms with Crippen molar-refractivity contribution in [3.05, 3.63) is 40.5 Å². The van der Waals surface area contributed by atoms with Crippen molar-refractivity contribution in [1.29, 1.82) is 0 Å². The molecule has 2 aliphatic heterocycles. The fraction of sp³-hybridized carbons (Fsp3) is 0.471. The summed E-state index contributed by atoms with van der Waals surface area (Å²) in [6, 6.07) is 4.71. The van der Waals surface area contributed by atoms with Gasteiger partial charge in [0, 0.05) is 48.9 Å². The molecule has 6 nitrogen and oxygen atoms in total. The van der Waals surface area contributed by atoms with Crippen molar-refractivity contribution >= 4 is 17.2 Å². The lowest BCUT2D eigenvalue weighted by Gasteiger charge is -2.25. The first-order valence-electron chi connectivity index (χ1n) is 8.19. The van der Waals surface area contributed by atoms with E-state index >= 15 is 0 Å². The van der Waals surface area contributed by atoms with Gasteiger partial charge in [-0.25, -0.2) is 9.97 Å². The summed E-state index contributed by atoms with van der Waals surface area (Å²) >= 11 is 1.47. The number of thiazole rings is 1. The Morgan fingerprint density at radius 1 is 1.33 bits per heavy atom. The number of aromatic nitrogens is 2. The molecule has 4 rings (SSSR count). The molecule has 0 aromatic carbocycles. The van der Waals surface area contributed by atoms with Gasteiger partial charge in [0.25, 0.3) is 5.91 Å². The second kappa shape index (κ2) is 6.49. The van der Waals surface area contributed by atoms with Crippen molar-refractivity contribution in [1.82, 2.24) is 19.8 Å². The fourth-order valence-corrected chi connectivity index (χ4v) is 4.46. The van der Waals surface area contributed by atoms with E-state index in [9.17, 15) is 4.79 Å². The van der Waals surface area contributed by atoms with E-state index in [2.05, 4.69) is 20.9 Å². The zero-order valence-corrected chi connectivity index (χ0v) is 14.4. The van der Waals surface area contributed by atoms with Crippen molar-refractivity contribution < 1.29 is 9.53 Å². The van der Waals surface area contributed by atoms with E-state index in [0.29, 0.717) is 23.7 Å². The maximum absolute atomic E-state index is 12.6. The maximum atomic E-state index is 12.6. The highest BCUT2D eigenvalue weighted by atomic mass is 32.1. The Kier molecular flexibility index (Phi) is 4.20. The van der Waals surface area contributed by atoms with Crippen LogP contribution in [0.2, 0.25) is 0 Å². The van der Waals surface area contributed by atoms with Crippen LogP contribution in [-0.2, 0) is 6.54 Å². The van der Waals surface area contributed by atoms with Crippen LogP contribution in [0.5, 0.6) is 5.88 Å². The zero-order chi connectivity index (χ0) is 16.5. The zero-order valence-electron chi connectivity index (χ0n) is 13.6. The highest BCUT2D eigenvalue weighted by Crippen LogP contribution is 2.34. The number of methoxy groups -OCH3 is 1. The van der Waals surface area contributed by atoms with Crippen LogP contribution in [0.25, 0.3) is 0 Å². The minimum absolute atomic E-state index is 0.0737. The molecule has 24 heavy (non-hydrogen) atoms. The monoisotopic (exact) mass is 344 g/mol. The Hall–Kier alpha value is -1.99. The molecule has 7 heteroatoms. The van der Waals surface area contributed by atoms with Crippen LogP contribution in [-0.4, -0.2) is 58.0 Å². The number of carbonyl (C=O) groups excluding carboxylic acids is 1. The van der Waals surface area contributed by atoms with Gasteiger partial charge < -0.3 is 9.64 Å². The third-order valence-electron chi connectivity index (χ3n) is 5.02. The molecular formula is C17H20N4O2S. The molecule has 2 fully saturated rings. The third-order valence-corrected chi connectivity index (χ3v) is 5.61. The van der Waals surface area contributed by atoms with Crippen molar-refractivity contribution in [2.75, 3.05) is 20.2 Å². The smallest absolute Gasteiger partial charge is 0.273 e. The average molecular weight is 344 g/mol. The summed E-state index contributed by atoms with van der Waals surface area (Å²) in [6.07, 6.45) is 3.78. The topological polar surface area (TPSA) is 58.6 Å². The quantitative estimate of drug-likeness (QED) is 0.849. The minimum atomic E-state index is 0.0737. The average Bonchev–Trinajstić information content (AvgIpc) is 3.33. The van der Waals surface area contributed by atoms with E-state index in [-0.39, 0.29) is 5.91 Å². The molecule has 2 aromatic heterocycles. The lowest BCUT2D eigenvalue weighted by atomic mass is 10.1. The summed E-state index contributed by atoms with van der Waals surface area (Å²) in [4.78, 5) is 25.6. The van der Waals surface area contributed by atoms with E-state index in [1.807, 2.05) is 16.3 Å². The third kappa shape index (κ3) is 2.67. The van der Waals surface area contributed by atoms with Crippen molar-refractivity contribution in [2.24, 2.45) is 0 Å². The Morgan fingerprint density at radius 2 is 2.21 bits per heavy atom. The molecule has 0 spiro atoms. The number of pyridine rings is 1. The van der Waals surface area contributed by atoms with Gasteiger partial charge in [-0.05, 0) is 18.9 Å². The number of amides is 1. The number of hydrogen-bond donors (Lipinski definition) is 0. The van der Waals surface area contributed by atoms with Crippen LogP contribution in [0.4, 0.5) is 0 Å².